The van der Waals surface area contributed by atoms with Crippen LogP contribution in [0.5, 0.6) is 0 Å². The molecule has 2 rings (SSSR count). The van der Waals surface area contributed by atoms with E-state index in [0.717, 1.165) is 40.0 Å². The van der Waals surface area contributed by atoms with E-state index in [1.54, 1.807) is 11.8 Å². The zero-order valence-corrected chi connectivity index (χ0v) is 13.8. The first-order chi connectivity index (χ1) is 10.1. The lowest BCUT2D eigenvalue weighted by atomic mass is 10.2. The van der Waals surface area contributed by atoms with Crippen LogP contribution in [0.15, 0.2) is 29.3 Å². The number of rotatable bonds is 6. The third-order valence-electron chi connectivity index (χ3n) is 3.05. The molecule has 21 heavy (non-hydrogen) atoms. The zero-order valence-electron chi connectivity index (χ0n) is 12.2. The van der Waals surface area contributed by atoms with E-state index in [9.17, 15) is 0 Å². The van der Waals surface area contributed by atoms with Gasteiger partial charge in [-0.15, -0.1) is 11.8 Å². The summed E-state index contributed by atoms with van der Waals surface area (Å²) in [4.78, 5) is 9.06. The molecule has 112 valence electrons. The zero-order chi connectivity index (χ0) is 15.2. The number of hydrazine groups is 1. The van der Waals surface area contributed by atoms with Gasteiger partial charge in [0.15, 0.2) is 0 Å². The summed E-state index contributed by atoms with van der Waals surface area (Å²) in [7, 11) is 0. The summed E-state index contributed by atoms with van der Waals surface area (Å²) in [6.07, 6.45) is 1.86. The Hall–Kier alpha value is -1.30. The van der Waals surface area contributed by atoms with Gasteiger partial charge in [0, 0.05) is 22.8 Å². The van der Waals surface area contributed by atoms with Gasteiger partial charge in [-0.25, -0.2) is 15.8 Å². The monoisotopic (exact) mass is 322 g/mol. The summed E-state index contributed by atoms with van der Waals surface area (Å²) in [6, 6.07) is 7.86. The lowest BCUT2D eigenvalue weighted by Crippen LogP contribution is -2.13. The molecule has 0 saturated heterocycles. The predicted octanol–water partition coefficient (Wildman–Crippen LogP) is 3.97. The molecule has 0 spiro atoms. The second-order valence-corrected chi connectivity index (χ2v) is 6.13. The van der Waals surface area contributed by atoms with Crippen LogP contribution in [0, 0.1) is 6.92 Å². The molecule has 0 unspecified atom stereocenters. The number of thioether (sulfide) groups is 1. The highest BCUT2D eigenvalue weighted by atomic mass is 35.5. The van der Waals surface area contributed by atoms with Crippen LogP contribution < -0.4 is 11.3 Å². The number of benzene rings is 1. The molecule has 0 fully saturated rings. The van der Waals surface area contributed by atoms with Crippen LogP contribution in [0.4, 0.5) is 5.82 Å². The molecule has 0 aliphatic heterocycles. The van der Waals surface area contributed by atoms with Gasteiger partial charge in [0.05, 0.1) is 0 Å². The topological polar surface area (TPSA) is 63.8 Å². The third-order valence-corrected chi connectivity index (χ3v) is 4.45. The van der Waals surface area contributed by atoms with E-state index in [4.69, 9.17) is 17.4 Å². The molecule has 0 atom stereocenters. The number of aryl methyl sites for hydroxylation is 1. The summed E-state index contributed by atoms with van der Waals surface area (Å²) in [6.45, 7) is 4.09. The van der Waals surface area contributed by atoms with Crippen molar-refractivity contribution in [2.75, 3.05) is 5.43 Å². The van der Waals surface area contributed by atoms with Crippen molar-refractivity contribution in [1.29, 1.82) is 0 Å². The fourth-order valence-electron chi connectivity index (χ4n) is 1.89. The Morgan fingerprint density at radius 3 is 2.57 bits per heavy atom. The summed E-state index contributed by atoms with van der Waals surface area (Å²) < 4.78 is 0. The smallest absolute Gasteiger partial charge is 0.147 e. The maximum atomic E-state index is 5.90. The van der Waals surface area contributed by atoms with Gasteiger partial charge < -0.3 is 5.43 Å². The normalized spacial score (nSPS) is 10.7. The molecular formula is C15H19ClN4S. The second kappa shape index (κ2) is 7.64. The quantitative estimate of drug-likeness (QED) is 0.364. The fourth-order valence-corrected chi connectivity index (χ4v) is 2.99. The van der Waals surface area contributed by atoms with Crippen molar-refractivity contribution in [3.05, 3.63) is 46.2 Å². The molecule has 4 nitrogen and oxygen atoms in total. The Labute approximate surface area is 134 Å². The molecule has 0 radical (unpaired) electrons. The van der Waals surface area contributed by atoms with Crippen LogP contribution in [-0.4, -0.2) is 9.97 Å². The van der Waals surface area contributed by atoms with Crippen LogP contribution in [0.25, 0.3) is 0 Å². The van der Waals surface area contributed by atoms with Gasteiger partial charge in [-0.1, -0.05) is 30.7 Å². The van der Waals surface area contributed by atoms with E-state index in [0.29, 0.717) is 5.82 Å². The minimum absolute atomic E-state index is 0.701. The molecule has 3 N–H and O–H groups in total. The van der Waals surface area contributed by atoms with E-state index < -0.39 is 0 Å². The Balaban J connectivity index is 2.17. The molecule has 0 bridgehead atoms. The average molecular weight is 323 g/mol. The number of nitrogens with one attached hydrogen (secondary N) is 1. The van der Waals surface area contributed by atoms with Gasteiger partial charge in [-0.2, -0.15) is 0 Å². The number of anilines is 1. The lowest BCUT2D eigenvalue weighted by Gasteiger charge is -2.11. The Morgan fingerprint density at radius 1 is 1.24 bits per heavy atom. The van der Waals surface area contributed by atoms with Gasteiger partial charge in [0.2, 0.25) is 0 Å². The van der Waals surface area contributed by atoms with Crippen LogP contribution in [-0.2, 0) is 12.2 Å². The van der Waals surface area contributed by atoms with Crippen molar-refractivity contribution < 1.29 is 0 Å². The summed E-state index contributed by atoms with van der Waals surface area (Å²) in [5.74, 6) is 7.91. The number of hydrogen-bond acceptors (Lipinski definition) is 5. The van der Waals surface area contributed by atoms with E-state index in [1.165, 1.54) is 5.56 Å². The molecule has 1 aromatic heterocycles. The van der Waals surface area contributed by atoms with Crippen molar-refractivity contribution >= 4 is 29.2 Å². The highest BCUT2D eigenvalue weighted by Crippen LogP contribution is 2.28. The van der Waals surface area contributed by atoms with Gasteiger partial charge in [-0.05, 0) is 31.0 Å². The third kappa shape index (κ3) is 4.33. The number of nitrogens with two attached hydrogens (primary N) is 1. The lowest BCUT2D eigenvalue weighted by molar-refractivity contribution is 0.802. The highest BCUT2D eigenvalue weighted by Gasteiger charge is 2.10. The molecule has 0 saturated carbocycles. The summed E-state index contributed by atoms with van der Waals surface area (Å²) >= 11 is 7.59. The molecule has 0 aliphatic rings. The van der Waals surface area contributed by atoms with E-state index in [1.807, 2.05) is 31.2 Å². The van der Waals surface area contributed by atoms with Crippen LogP contribution >= 0.6 is 23.4 Å². The Morgan fingerprint density at radius 2 is 1.95 bits per heavy atom. The van der Waals surface area contributed by atoms with E-state index >= 15 is 0 Å². The van der Waals surface area contributed by atoms with Crippen molar-refractivity contribution in [2.45, 2.75) is 37.5 Å². The number of nitrogen functional groups attached to an aromatic ring is 1. The summed E-state index contributed by atoms with van der Waals surface area (Å²) in [5, 5.41) is 1.72. The number of halogens is 1. The minimum Gasteiger partial charge on any atom is -0.308 e. The average Bonchev–Trinajstić information content (AvgIpc) is 2.49. The number of nitrogens with zero attached hydrogens (tertiary/aromatic N) is 2. The molecule has 1 heterocycles. The van der Waals surface area contributed by atoms with E-state index in [-0.39, 0.29) is 0 Å². The second-order valence-electron chi connectivity index (χ2n) is 4.73. The maximum absolute atomic E-state index is 5.90. The van der Waals surface area contributed by atoms with Gasteiger partial charge in [-0.3, -0.25) is 0 Å². The maximum Gasteiger partial charge on any atom is 0.147 e. The highest BCUT2D eigenvalue weighted by molar-refractivity contribution is 7.98. The minimum atomic E-state index is 0.701. The van der Waals surface area contributed by atoms with Gasteiger partial charge >= 0.3 is 0 Å². The largest absolute Gasteiger partial charge is 0.308 e. The Bertz CT molecular complexity index is 601. The first-order valence-corrected chi connectivity index (χ1v) is 8.21. The van der Waals surface area contributed by atoms with E-state index in [2.05, 4.69) is 22.3 Å². The number of aromatic nitrogens is 2. The van der Waals surface area contributed by atoms with Crippen molar-refractivity contribution in [1.82, 2.24) is 9.97 Å². The molecular weight excluding hydrogens is 304 g/mol. The molecule has 2 aromatic rings. The summed E-state index contributed by atoms with van der Waals surface area (Å²) in [5.41, 5.74) is 4.85. The fraction of sp³-hybridized carbons (Fsp3) is 0.333. The van der Waals surface area contributed by atoms with Crippen LogP contribution in [0.3, 0.4) is 0 Å². The van der Waals surface area contributed by atoms with Crippen molar-refractivity contribution in [3.8, 4) is 0 Å². The van der Waals surface area contributed by atoms with Crippen molar-refractivity contribution in [3.63, 3.8) is 0 Å². The first kappa shape index (κ1) is 16.1. The standard InChI is InChI=1S/C15H19ClN4S/c1-3-4-13-18-14(20-17)10(2)15(19-13)21-9-11-5-7-12(16)8-6-11/h5-8H,3-4,9,17H2,1-2H3,(H,18,19,20). The molecule has 0 amide bonds. The van der Waals surface area contributed by atoms with Gasteiger partial charge in [0.1, 0.15) is 16.7 Å². The molecule has 6 heteroatoms. The Kier molecular flexibility index (Phi) is 5.85. The predicted molar refractivity (Wildman–Crippen MR) is 89.6 cm³/mol. The molecule has 0 aliphatic carbocycles. The van der Waals surface area contributed by atoms with Crippen LogP contribution in [0.2, 0.25) is 5.02 Å². The van der Waals surface area contributed by atoms with Gasteiger partial charge in [0.25, 0.3) is 0 Å². The van der Waals surface area contributed by atoms with Crippen molar-refractivity contribution in [2.24, 2.45) is 5.84 Å². The molecule has 1 aromatic carbocycles. The SMILES string of the molecule is CCCc1nc(NN)c(C)c(SCc2ccc(Cl)cc2)n1. The van der Waals surface area contributed by atoms with Crippen LogP contribution in [0.1, 0.15) is 30.3 Å². The number of hydrogen-bond donors (Lipinski definition) is 2. The first-order valence-electron chi connectivity index (χ1n) is 6.85.